The van der Waals surface area contributed by atoms with E-state index < -0.39 is 0 Å². The fourth-order valence-corrected chi connectivity index (χ4v) is 3.82. The van der Waals surface area contributed by atoms with Crippen molar-refractivity contribution >= 4 is 17.6 Å². The first-order chi connectivity index (χ1) is 15.1. The highest BCUT2D eigenvalue weighted by atomic mass is 35.5. The number of aromatic hydroxyl groups is 1. The molecule has 0 unspecified atom stereocenters. The van der Waals surface area contributed by atoms with E-state index in [0.29, 0.717) is 24.9 Å². The summed E-state index contributed by atoms with van der Waals surface area (Å²) in [6, 6.07) is 13.9. The van der Waals surface area contributed by atoms with Gasteiger partial charge in [0.2, 0.25) is 0 Å². The van der Waals surface area contributed by atoms with E-state index in [1.807, 2.05) is 31.2 Å². The fraction of sp³-hybridized carbons (Fsp3) is 0.458. The monoisotopic (exact) mass is 444 g/mol. The van der Waals surface area contributed by atoms with Gasteiger partial charge in [0.25, 0.3) is 0 Å². The minimum absolute atomic E-state index is 0.157. The summed E-state index contributed by atoms with van der Waals surface area (Å²) in [5.41, 5.74) is 2.29. The Morgan fingerprint density at radius 3 is 2.52 bits per heavy atom. The van der Waals surface area contributed by atoms with Crippen LogP contribution in [0, 0.1) is 0 Å². The first-order valence-corrected chi connectivity index (χ1v) is 11.4. The van der Waals surface area contributed by atoms with Crippen LogP contribution >= 0.6 is 11.6 Å². The zero-order valence-electron chi connectivity index (χ0n) is 18.4. The molecular weight excluding hydrogens is 412 g/mol. The topological polar surface area (TPSA) is 69.1 Å². The predicted molar refractivity (Wildman–Crippen MR) is 127 cm³/mol. The number of benzene rings is 2. The van der Waals surface area contributed by atoms with Gasteiger partial charge in [0.1, 0.15) is 0 Å². The smallest absolute Gasteiger partial charge is 0.191 e. The molecule has 168 valence electrons. The average Bonchev–Trinajstić information content (AvgIpc) is 2.77. The average molecular weight is 445 g/mol. The second-order valence-electron chi connectivity index (χ2n) is 7.75. The summed E-state index contributed by atoms with van der Waals surface area (Å²) in [7, 11) is 0. The molecular formula is C24H33ClN4O2. The summed E-state index contributed by atoms with van der Waals surface area (Å²) in [5.74, 6) is 1.48. The first kappa shape index (κ1) is 23.2. The highest BCUT2D eigenvalue weighted by Gasteiger charge is 2.20. The number of aliphatic imine (C=N–C) groups is 1. The zero-order chi connectivity index (χ0) is 22.1. The number of halogens is 1. The molecule has 0 aliphatic carbocycles. The second kappa shape index (κ2) is 11.8. The molecule has 0 saturated carbocycles. The molecule has 0 atom stereocenters. The van der Waals surface area contributed by atoms with Crippen molar-refractivity contribution in [3.8, 4) is 11.5 Å². The molecule has 0 aromatic heterocycles. The Labute approximate surface area is 190 Å². The number of hydrogen-bond acceptors (Lipinski definition) is 4. The third kappa shape index (κ3) is 7.33. The Kier molecular flexibility index (Phi) is 8.85. The van der Waals surface area contributed by atoms with E-state index in [1.165, 1.54) is 5.56 Å². The first-order valence-electron chi connectivity index (χ1n) is 11.0. The summed E-state index contributed by atoms with van der Waals surface area (Å²) in [6.45, 7) is 8.87. The maximum atomic E-state index is 9.88. The van der Waals surface area contributed by atoms with Crippen molar-refractivity contribution < 1.29 is 9.84 Å². The van der Waals surface area contributed by atoms with E-state index in [9.17, 15) is 5.11 Å². The number of nitrogens with zero attached hydrogens (tertiary/aromatic N) is 2. The standard InChI is InChI=1S/C24H33ClN4O2/c1-3-26-24(27-16-19-7-10-22(30)23(15-19)31-4-2)28-21-11-13-29(14-12-21)17-18-5-8-20(25)9-6-18/h5-10,15,21,30H,3-4,11-14,16-17H2,1-2H3,(H2,26,27,28). The highest BCUT2D eigenvalue weighted by Crippen LogP contribution is 2.27. The molecule has 3 rings (SSSR count). The van der Waals surface area contributed by atoms with Gasteiger partial charge in [0, 0.05) is 37.2 Å². The summed E-state index contributed by atoms with van der Waals surface area (Å²) in [4.78, 5) is 7.22. The van der Waals surface area contributed by atoms with Crippen LogP contribution in [0.2, 0.25) is 5.02 Å². The van der Waals surface area contributed by atoms with Crippen LogP contribution in [-0.4, -0.2) is 48.2 Å². The van der Waals surface area contributed by atoms with Gasteiger partial charge in [-0.15, -0.1) is 0 Å². The van der Waals surface area contributed by atoms with E-state index in [0.717, 1.165) is 55.6 Å². The van der Waals surface area contributed by atoms with Gasteiger partial charge in [-0.3, -0.25) is 4.90 Å². The third-order valence-corrected chi connectivity index (χ3v) is 5.59. The Balaban J connectivity index is 1.52. The number of phenolic OH excluding ortho intramolecular Hbond substituents is 1. The van der Waals surface area contributed by atoms with Gasteiger partial charge in [-0.2, -0.15) is 0 Å². The van der Waals surface area contributed by atoms with Gasteiger partial charge in [-0.1, -0.05) is 29.8 Å². The van der Waals surface area contributed by atoms with Crippen molar-refractivity contribution in [2.45, 2.75) is 45.8 Å². The Bertz CT molecular complexity index is 849. The second-order valence-corrected chi connectivity index (χ2v) is 8.19. The van der Waals surface area contributed by atoms with Crippen LogP contribution in [0.1, 0.15) is 37.8 Å². The SMILES string of the molecule is CCNC(=NCc1ccc(O)c(OCC)c1)NC1CCN(Cc2ccc(Cl)cc2)CC1. The largest absolute Gasteiger partial charge is 0.504 e. The Hall–Kier alpha value is -2.44. The molecule has 0 radical (unpaired) electrons. The minimum atomic E-state index is 0.157. The molecule has 2 aromatic carbocycles. The number of piperidine rings is 1. The third-order valence-electron chi connectivity index (χ3n) is 5.34. The number of phenols is 1. The van der Waals surface area contributed by atoms with Crippen LogP contribution in [0.3, 0.4) is 0 Å². The molecule has 0 spiro atoms. The molecule has 6 nitrogen and oxygen atoms in total. The number of ether oxygens (including phenoxy) is 1. The van der Waals surface area contributed by atoms with Crippen LogP contribution < -0.4 is 15.4 Å². The van der Waals surface area contributed by atoms with Gasteiger partial charge in [0.05, 0.1) is 13.2 Å². The van der Waals surface area contributed by atoms with Crippen molar-refractivity contribution in [3.63, 3.8) is 0 Å². The van der Waals surface area contributed by atoms with Gasteiger partial charge >= 0.3 is 0 Å². The van der Waals surface area contributed by atoms with Gasteiger partial charge in [-0.05, 0) is 62.1 Å². The van der Waals surface area contributed by atoms with E-state index >= 15 is 0 Å². The van der Waals surface area contributed by atoms with E-state index in [1.54, 1.807) is 6.07 Å². The van der Waals surface area contributed by atoms with Crippen LogP contribution in [0.5, 0.6) is 11.5 Å². The molecule has 1 aliphatic rings. The normalized spacial score (nSPS) is 15.6. The maximum Gasteiger partial charge on any atom is 0.191 e. The molecule has 1 aliphatic heterocycles. The molecule has 1 heterocycles. The fourth-order valence-electron chi connectivity index (χ4n) is 3.70. The zero-order valence-corrected chi connectivity index (χ0v) is 19.2. The van der Waals surface area contributed by atoms with Crippen LogP contribution in [0.15, 0.2) is 47.5 Å². The molecule has 2 aromatic rings. The molecule has 7 heteroatoms. The van der Waals surface area contributed by atoms with Crippen molar-refractivity contribution in [1.29, 1.82) is 0 Å². The Morgan fingerprint density at radius 1 is 1.13 bits per heavy atom. The minimum Gasteiger partial charge on any atom is -0.504 e. The van der Waals surface area contributed by atoms with Crippen molar-refractivity contribution in [3.05, 3.63) is 58.6 Å². The van der Waals surface area contributed by atoms with E-state index in [4.69, 9.17) is 21.3 Å². The number of guanidine groups is 1. The highest BCUT2D eigenvalue weighted by molar-refractivity contribution is 6.30. The number of rotatable bonds is 8. The number of likely N-dealkylation sites (tertiary alicyclic amines) is 1. The maximum absolute atomic E-state index is 9.88. The summed E-state index contributed by atoms with van der Waals surface area (Å²) in [5, 5.41) is 17.6. The van der Waals surface area contributed by atoms with E-state index in [2.05, 4.69) is 34.6 Å². The van der Waals surface area contributed by atoms with Gasteiger partial charge in [0.15, 0.2) is 17.5 Å². The lowest BCUT2D eigenvalue weighted by Gasteiger charge is -2.33. The van der Waals surface area contributed by atoms with Crippen molar-refractivity contribution in [2.75, 3.05) is 26.2 Å². The van der Waals surface area contributed by atoms with E-state index in [-0.39, 0.29) is 5.75 Å². The van der Waals surface area contributed by atoms with Crippen molar-refractivity contribution in [2.24, 2.45) is 4.99 Å². The van der Waals surface area contributed by atoms with Gasteiger partial charge in [-0.25, -0.2) is 4.99 Å². The van der Waals surface area contributed by atoms with Crippen molar-refractivity contribution in [1.82, 2.24) is 15.5 Å². The predicted octanol–water partition coefficient (Wildman–Crippen LogP) is 4.16. The summed E-state index contributed by atoms with van der Waals surface area (Å²) in [6.07, 6.45) is 2.15. The lowest BCUT2D eigenvalue weighted by atomic mass is 10.0. The molecule has 1 fully saturated rings. The molecule has 1 saturated heterocycles. The van der Waals surface area contributed by atoms with Gasteiger partial charge < -0.3 is 20.5 Å². The molecule has 0 bridgehead atoms. The Morgan fingerprint density at radius 2 is 1.84 bits per heavy atom. The quantitative estimate of drug-likeness (QED) is 0.421. The van der Waals surface area contributed by atoms with Crippen LogP contribution in [0.25, 0.3) is 0 Å². The molecule has 0 amide bonds. The van der Waals surface area contributed by atoms with Crippen LogP contribution in [0.4, 0.5) is 0 Å². The lowest BCUT2D eigenvalue weighted by molar-refractivity contribution is 0.198. The molecule has 31 heavy (non-hydrogen) atoms. The lowest BCUT2D eigenvalue weighted by Crippen LogP contribution is -2.48. The summed E-state index contributed by atoms with van der Waals surface area (Å²) >= 11 is 5.98. The molecule has 3 N–H and O–H groups in total. The number of nitrogens with one attached hydrogen (secondary N) is 2. The number of hydrogen-bond donors (Lipinski definition) is 3. The van der Waals surface area contributed by atoms with Crippen LogP contribution in [-0.2, 0) is 13.1 Å². The summed E-state index contributed by atoms with van der Waals surface area (Å²) < 4.78 is 5.47.